The predicted molar refractivity (Wildman–Crippen MR) is 78.3 cm³/mol. The molecule has 1 N–H and O–H groups in total. The minimum atomic E-state index is -0.333. The summed E-state index contributed by atoms with van der Waals surface area (Å²) in [5.41, 5.74) is 3.85. The Morgan fingerprint density at radius 3 is 2.65 bits per heavy atom. The number of hydrogen-bond acceptors (Lipinski definition) is 5. The Morgan fingerprint density at radius 2 is 2.00 bits per heavy atom. The molecular weight excluding hydrogens is 274 g/mol. The second-order valence-corrected chi connectivity index (χ2v) is 5.68. The fourth-order valence-electron chi connectivity index (χ4n) is 1.94. The van der Waals surface area contributed by atoms with Gasteiger partial charge in [0.1, 0.15) is 0 Å². The van der Waals surface area contributed by atoms with Crippen LogP contribution in [0.2, 0.25) is 0 Å². The molecule has 5 nitrogen and oxygen atoms in total. The highest BCUT2D eigenvalue weighted by atomic mass is 32.1. The molecule has 0 spiro atoms. The van der Waals surface area contributed by atoms with E-state index < -0.39 is 0 Å². The summed E-state index contributed by atoms with van der Waals surface area (Å²) in [4.78, 5) is 16.5. The number of nitrogens with one attached hydrogen (secondary N) is 1. The van der Waals surface area contributed by atoms with Crippen LogP contribution in [0.4, 0.5) is 5.13 Å². The third kappa shape index (κ3) is 2.18. The summed E-state index contributed by atoms with van der Waals surface area (Å²) >= 11 is 1.46. The van der Waals surface area contributed by atoms with Gasteiger partial charge in [0.25, 0.3) is 5.91 Å². The molecule has 0 aliphatic rings. The van der Waals surface area contributed by atoms with E-state index in [9.17, 15) is 4.79 Å². The number of hydrogen-bond donors (Lipinski definition) is 1. The number of aromatic nitrogens is 2. The SMILES string of the molecule is Cc1cc(C(=O)Nc2nc3c(C)ccc(C)c3s2)on1. The van der Waals surface area contributed by atoms with Gasteiger partial charge in [-0.05, 0) is 31.9 Å². The molecule has 20 heavy (non-hydrogen) atoms. The van der Waals surface area contributed by atoms with Gasteiger partial charge < -0.3 is 4.52 Å². The number of carbonyl (C=O) groups excluding carboxylic acids is 1. The van der Waals surface area contributed by atoms with Crippen molar-refractivity contribution in [2.75, 3.05) is 5.32 Å². The molecule has 0 saturated heterocycles. The molecule has 1 aromatic carbocycles. The lowest BCUT2D eigenvalue weighted by Gasteiger charge is -1.96. The highest BCUT2D eigenvalue weighted by molar-refractivity contribution is 7.22. The van der Waals surface area contributed by atoms with Gasteiger partial charge in [0.15, 0.2) is 5.13 Å². The predicted octanol–water partition coefficient (Wildman–Crippen LogP) is 3.46. The molecule has 0 unspecified atom stereocenters. The third-order valence-electron chi connectivity index (χ3n) is 3.01. The third-order valence-corrected chi connectivity index (χ3v) is 4.12. The van der Waals surface area contributed by atoms with Crippen LogP contribution in [-0.2, 0) is 0 Å². The molecular formula is C14H13N3O2S. The van der Waals surface area contributed by atoms with Crippen molar-refractivity contribution in [3.05, 3.63) is 40.8 Å². The van der Waals surface area contributed by atoms with Crippen LogP contribution >= 0.6 is 11.3 Å². The maximum absolute atomic E-state index is 12.0. The average Bonchev–Trinajstić information content (AvgIpc) is 3.01. The van der Waals surface area contributed by atoms with E-state index in [0.29, 0.717) is 10.8 Å². The summed E-state index contributed by atoms with van der Waals surface area (Å²) in [5, 5.41) is 7.01. The Labute approximate surface area is 119 Å². The fraction of sp³-hybridized carbons (Fsp3) is 0.214. The normalized spacial score (nSPS) is 10.9. The summed E-state index contributed by atoms with van der Waals surface area (Å²) in [7, 11) is 0. The smallest absolute Gasteiger partial charge is 0.296 e. The summed E-state index contributed by atoms with van der Waals surface area (Å²) in [5.74, 6) is -0.143. The van der Waals surface area contributed by atoms with Crippen LogP contribution in [0.25, 0.3) is 10.2 Å². The van der Waals surface area contributed by atoms with Gasteiger partial charge in [-0.2, -0.15) is 0 Å². The molecule has 0 saturated carbocycles. The first-order chi connectivity index (χ1) is 9.54. The van der Waals surface area contributed by atoms with Crippen LogP contribution in [-0.4, -0.2) is 16.0 Å². The van der Waals surface area contributed by atoms with Gasteiger partial charge in [0.05, 0.1) is 15.9 Å². The van der Waals surface area contributed by atoms with E-state index >= 15 is 0 Å². The highest BCUT2D eigenvalue weighted by Crippen LogP contribution is 2.31. The first kappa shape index (κ1) is 12.8. The van der Waals surface area contributed by atoms with Crippen molar-refractivity contribution in [2.45, 2.75) is 20.8 Å². The molecule has 102 valence electrons. The van der Waals surface area contributed by atoms with Gasteiger partial charge in [-0.15, -0.1) is 0 Å². The number of rotatable bonds is 2. The summed E-state index contributed by atoms with van der Waals surface area (Å²) < 4.78 is 6.03. The van der Waals surface area contributed by atoms with E-state index in [0.717, 1.165) is 21.3 Å². The molecule has 6 heteroatoms. The van der Waals surface area contributed by atoms with E-state index in [2.05, 4.69) is 21.5 Å². The molecule has 0 radical (unpaired) electrons. The zero-order valence-corrected chi connectivity index (χ0v) is 12.2. The van der Waals surface area contributed by atoms with Gasteiger partial charge in [0.2, 0.25) is 5.76 Å². The van der Waals surface area contributed by atoms with Crippen molar-refractivity contribution in [2.24, 2.45) is 0 Å². The minimum absolute atomic E-state index is 0.190. The van der Waals surface area contributed by atoms with Gasteiger partial charge in [0, 0.05) is 6.07 Å². The van der Waals surface area contributed by atoms with Crippen LogP contribution in [0.3, 0.4) is 0 Å². The lowest BCUT2D eigenvalue weighted by atomic mass is 10.1. The van der Waals surface area contributed by atoms with Crippen LogP contribution in [0, 0.1) is 20.8 Å². The molecule has 3 rings (SSSR count). The van der Waals surface area contributed by atoms with Crippen molar-refractivity contribution in [1.82, 2.24) is 10.1 Å². The topological polar surface area (TPSA) is 68.0 Å². The van der Waals surface area contributed by atoms with Crippen molar-refractivity contribution < 1.29 is 9.32 Å². The largest absolute Gasteiger partial charge is 0.351 e. The molecule has 0 fully saturated rings. The molecule has 0 aliphatic carbocycles. The molecule has 0 aliphatic heterocycles. The molecule has 3 aromatic rings. The number of aryl methyl sites for hydroxylation is 3. The van der Waals surface area contributed by atoms with E-state index in [4.69, 9.17) is 4.52 Å². The van der Waals surface area contributed by atoms with Crippen molar-refractivity contribution in [1.29, 1.82) is 0 Å². The molecule has 1 amide bonds. The number of thiazole rings is 1. The number of benzene rings is 1. The van der Waals surface area contributed by atoms with Gasteiger partial charge in [-0.3, -0.25) is 10.1 Å². The average molecular weight is 287 g/mol. The Bertz CT molecular complexity index is 765. The zero-order valence-electron chi connectivity index (χ0n) is 11.4. The first-order valence-electron chi connectivity index (χ1n) is 6.16. The number of nitrogens with zero attached hydrogens (tertiary/aromatic N) is 2. The van der Waals surface area contributed by atoms with E-state index in [1.165, 1.54) is 11.3 Å². The monoisotopic (exact) mass is 287 g/mol. The quantitative estimate of drug-likeness (QED) is 0.783. The van der Waals surface area contributed by atoms with Crippen LogP contribution in [0.15, 0.2) is 22.7 Å². The van der Waals surface area contributed by atoms with Crippen LogP contribution in [0.1, 0.15) is 27.4 Å². The fourth-order valence-corrected chi connectivity index (χ4v) is 2.95. The van der Waals surface area contributed by atoms with E-state index in [1.54, 1.807) is 13.0 Å². The zero-order chi connectivity index (χ0) is 14.3. The van der Waals surface area contributed by atoms with Gasteiger partial charge in [-0.25, -0.2) is 4.98 Å². The number of carbonyl (C=O) groups is 1. The summed E-state index contributed by atoms with van der Waals surface area (Å²) in [6, 6.07) is 5.68. The second kappa shape index (κ2) is 4.72. The minimum Gasteiger partial charge on any atom is -0.351 e. The molecule has 2 heterocycles. The standard InChI is InChI=1S/C14H13N3O2S/c1-7-4-5-8(2)12-11(7)15-14(20-12)16-13(18)10-6-9(3)17-19-10/h4-6H,1-3H3,(H,15,16,18). The van der Waals surface area contributed by atoms with Crippen LogP contribution in [0.5, 0.6) is 0 Å². The lowest BCUT2D eigenvalue weighted by molar-refractivity contribution is 0.0988. The Morgan fingerprint density at radius 1 is 1.25 bits per heavy atom. The molecule has 0 atom stereocenters. The summed E-state index contributed by atoms with van der Waals surface area (Å²) in [6.07, 6.45) is 0. The molecule has 0 bridgehead atoms. The highest BCUT2D eigenvalue weighted by Gasteiger charge is 2.15. The van der Waals surface area contributed by atoms with E-state index in [1.807, 2.05) is 19.9 Å². The molecule has 2 aromatic heterocycles. The lowest BCUT2D eigenvalue weighted by Crippen LogP contribution is -2.10. The van der Waals surface area contributed by atoms with Crippen molar-refractivity contribution >= 4 is 32.6 Å². The van der Waals surface area contributed by atoms with E-state index in [-0.39, 0.29) is 11.7 Å². The number of anilines is 1. The maximum Gasteiger partial charge on any atom is 0.296 e. The van der Waals surface area contributed by atoms with Crippen molar-refractivity contribution in [3.8, 4) is 0 Å². The number of fused-ring (bicyclic) bond motifs is 1. The van der Waals surface area contributed by atoms with Crippen LogP contribution < -0.4 is 5.32 Å². The Hall–Kier alpha value is -2.21. The second-order valence-electron chi connectivity index (χ2n) is 4.68. The first-order valence-corrected chi connectivity index (χ1v) is 6.97. The van der Waals surface area contributed by atoms with Gasteiger partial charge >= 0.3 is 0 Å². The maximum atomic E-state index is 12.0. The Balaban J connectivity index is 1.93. The summed E-state index contributed by atoms with van der Waals surface area (Å²) in [6.45, 7) is 5.81. The van der Waals surface area contributed by atoms with Gasteiger partial charge in [-0.1, -0.05) is 28.6 Å². The Kier molecular flexibility index (Phi) is 3.02. The number of amides is 1. The van der Waals surface area contributed by atoms with Crippen molar-refractivity contribution in [3.63, 3.8) is 0 Å².